The number of hydrogen-bond donors (Lipinski definition) is 0. The highest BCUT2D eigenvalue weighted by atomic mass is 15.1. The number of para-hydroxylation sites is 3. The summed E-state index contributed by atoms with van der Waals surface area (Å²) in [5.41, 5.74) is 19.0. The highest BCUT2D eigenvalue weighted by Gasteiger charge is 2.54. The van der Waals surface area contributed by atoms with E-state index in [1.54, 1.807) is 0 Å². The van der Waals surface area contributed by atoms with Crippen LogP contribution in [-0.2, 0) is 5.41 Å². The van der Waals surface area contributed by atoms with Crippen molar-refractivity contribution >= 4 is 66.4 Å². The van der Waals surface area contributed by atoms with Gasteiger partial charge in [-0.2, -0.15) is 0 Å². The lowest BCUT2D eigenvalue weighted by molar-refractivity contribution is 0.802. The van der Waals surface area contributed by atoms with Crippen molar-refractivity contribution in [1.82, 2.24) is 0 Å². The van der Waals surface area contributed by atoms with Gasteiger partial charge in [0.05, 0.1) is 11.1 Å². The molecule has 0 heterocycles. The molecule has 0 aromatic heterocycles. The largest absolute Gasteiger partial charge is 0.310 e. The van der Waals surface area contributed by atoms with Crippen LogP contribution in [0, 0.1) is 0 Å². The van der Waals surface area contributed by atoms with Gasteiger partial charge in [0, 0.05) is 33.8 Å². The first-order valence-corrected chi connectivity index (χ1v) is 23.9. The Morgan fingerprint density at radius 1 is 0.246 bits per heavy atom. The van der Waals surface area contributed by atoms with Crippen LogP contribution in [0.1, 0.15) is 22.3 Å². The van der Waals surface area contributed by atoms with Crippen molar-refractivity contribution in [3.8, 4) is 33.4 Å². The van der Waals surface area contributed by atoms with Crippen LogP contribution < -0.4 is 9.80 Å². The van der Waals surface area contributed by atoms with Crippen LogP contribution in [0.4, 0.5) is 34.1 Å². The van der Waals surface area contributed by atoms with E-state index >= 15 is 0 Å². The van der Waals surface area contributed by atoms with Crippen LogP contribution >= 0.6 is 0 Å². The molecule has 0 radical (unpaired) electrons. The molecule has 0 aliphatic heterocycles. The zero-order chi connectivity index (χ0) is 45.5. The van der Waals surface area contributed by atoms with Gasteiger partial charge in [-0.05, 0) is 149 Å². The number of fused-ring (bicyclic) bond motifs is 17. The van der Waals surface area contributed by atoms with Crippen LogP contribution in [0.25, 0.3) is 65.7 Å². The van der Waals surface area contributed by atoms with Crippen molar-refractivity contribution in [2.75, 3.05) is 9.80 Å². The third-order valence-corrected chi connectivity index (χ3v) is 14.8. The first-order valence-electron chi connectivity index (χ1n) is 23.9. The summed E-state index contributed by atoms with van der Waals surface area (Å²) < 4.78 is 0. The number of anilines is 6. The second-order valence-electron chi connectivity index (χ2n) is 18.3. The molecule has 0 saturated carbocycles. The molecule has 0 atom stereocenters. The number of benzene rings is 12. The molecular formula is C67H44N2. The maximum absolute atomic E-state index is 2.56. The Bertz CT molecular complexity index is 3870. The topological polar surface area (TPSA) is 6.48 Å². The summed E-state index contributed by atoms with van der Waals surface area (Å²) in [5, 5.41) is 7.45. The Morgan fingerprint density at radius 2 is 0.710 bits per heavy atom. The Kier molecular flexibility index (Phi) is 8.84. The highest BCUT2D eigenvalue weighted by Crippen LogP contribution is 2.67. The number of hydrogen-bond acceptors (Lipinski definition) is 2. The molecule has 2 heteroatoms. The van der Waals surface area contributed by atoms with Crippen molar-refractivity contribution in [3.63, 3.8) is 0 Å². The lowest BCUT2D eigenvalue weighted by atomic mass is 9.69. The van der Waals surface area contributed by atoms with Gasteiger partial charge in [0.15, 0.2) is 0 Å². The molecule has 322 valence electrons. The smallest absolute Gasteiger partial charge is 0.0732 e. The fourth-order valence-electron chi connectivity index (χ4n) is 12.1. The van der Waals surface area contributed by atoms with E-state index in [1.165, 1.54) is 88.0 Å². The SMILES string of the molecule is c1ccc(-c2cccc(N(c3ccccc3)c3ccc4c5c(c6ccccc6c4c3)-c3c(cc(N(c4ccccc4)c4ccccc4)c4ccccc34)C53c4ccccc4-c4ccccc43)c2)cc1. The Hall–Kier alpha value is -8.98. The zero-order valence-corrected chi connectivity index (χ0v) is 37.8. The van der Waals surface area contributed by atoms with Crippen molar-refractivity contribution in [3.05, 3.63) is 289 Å². The third kappa shape index (κ3) is 5.79. The van der Waals surface area contributed by atoms with Crippen molar-refractivity contribution in [2.45, 2.75) is 5.41 Å². The Labute approximate surface area is 402 Å². The summed E-state index contributed by atoms with van der Waals surface area (Å²) in [4.78, 5) is 4.87. The summed E-state index contributed by atoms with van der Waals surface area (Å²) >= 11 is 0. The van der Waals surface area contributed by atoms with Crippen LogP contribution in [0.15, 0.2) is 267 Å². The molecule has 1 spiro atoms. The maximum atomic E-state index is 2.56. The minimum Gasteiger partial charge on any atom is -0.310 e. The van der Waals surface area contributed by atoms with Gasteiger partial charge in [0.2, 0.25) is 0 Å². The van der Waals surface area contributed by atoms with E-state index in [1.807, 2.05) is 0 Å². The normalized spacial score (nSPS) is 12.8. The average molecular weight is 877 g/mol. The summed E-state index contributed by atoms with van der Waals surface area (Å²) in [6.07, 6.45) is 0. The highest BCUT2D eigenvalue weighted by molar-refractivity contribution is 6.24. The first kappa shape index (κ1) is 39.2. The van der Waals surface area contributed by atoms with Gasteiger partial charge in [-0.25, -0.2) is 0 Å². The van der Waals surface area contributed by atoms with E-state index in [9.17, 15) is 0 Å². The predicted octanol–water partition coefficient (Wildman–Crippen LogP) is 18.1. The third-order valence-electron chi connectivity index (χ3n) is 14.8. The van der Waals surface area contributed by atoms with Crippen LogP contribution in [0.2, 0.25) is 0 Å². The first-order chi connectivity index (χ1) is 34.3. The minimum atomic E-state index is -0.636. The van der Waals surface area contributed by atoms with Gasteiger partial charge in [-0.1, -0.05) is 200 Å². The molecule has 12 aromatic carbocycles. The molecular weight excluding hydrogens is 833 g/mol. The molecule has 0 saturated heterocycles. The maximum Gasteiger partial charge on any atom is 0.0732 e. The minimum absolute atomic E-state index is 0.636. The summed E-state index contributed by atoms with van der Waals surface area (Å²) in [6, 6.07) is 98.6. The van der Waals surface area contributed by atoms with E-state index < -0.39 is 5.41 Å². The molecule has 12 aromatic rings. The molecule has 2 aliphatic carbocycles. The summed E-state index contributed by atoms with van der Waals surface area (Å²) in [5.74, 6) is 0. The molecule has 0 bridgehead atoms. The second kappa shape index (κ2) is 15.6. The molecule has 14 rings (SSSR count). The second-order valence-corrected chi connectivity index (χ2v) is 18.3. The lowest BCUT2D eigenvalue weighted by Gasteiger charge is -2.34. The molecule has 0 N–H and O–H groups in total. The number of nitrogens with zero attached hydrogens (tertiary/aromatic N) is 2. The molecule has 0 amide bonds. The molecule has 0 unspecified atom stereocenters. The monoisotopic (exact) mass is 876 g/mol. The standard InChI is InChI=1S/C67H44N2/c1-5-22-45(23-6-1)46-24-21-31-50(42-46)68(47-25-7-2-8-26-47)51-40-41-58-59(43-51)52-32-13-15-36-56(52)65-64-57-37-16-14-35-55(57)63(69(48-27-9-3-10-28-48)49-29-11-4-12-30-49)44-62(64)67(66(58)65)60-38-19-17-33-53(60)54-34-18-20-39-61(54)67/h1-44H. The molecule has 0 fully saturated rings. The fourth-order valence-corrected chi connectivity index (χ4v) is 12.1. The van der Waals surface area contributed by atoms with E-state index in [0.29, 0.717) is 0 Å². The van der Waals surface area contributed by atoms with Crippen LogP contribution in [-0.4, -0.2) is 0 Å². The lowest BCUT2D eigenvalue weighted by Crippen LogP contribution is -2.26. The predicted molar refractivity (Wildman–Crippen MR) is 290 cm³/mol. The quantitative estimate of drug-likeness (QED) is 0.147. The van der Waals surface area contributed by atoms with Crippen molar-refractivity contribution < 1.29 is 0 Å². The fraction of sp³-hybridized carbons (Fsp3) is 0.0149. The van der Waals surface area contributed by atoms with Gasteiger partial charge in [-0.3, -0.25) is 0 Å². The Balaban J connectivity index is 1.11. The molecule has 69 heavy (non-hydrogen) atoms. The molecule has 2 aliphatic rings. The van der Waals surface area contributed by atoms with Gasteiger partial charge >= 0.3 is 0 Å². The summed E-state index contributed by atoms with van der Waals surface area (Å²) in [6.45, 7) is 0. The average Bonchev–Trinajstić information content (AvgIpc) is 3.90. The van der Waals surface area contributed by atoms with Gasteiger partial charge < -0.3 is 9.80 Å². The van der Waals surface area contributed by atoms with E-state index in [-0.39, 0.29) is 0 Å². The van der Waals surface area contributed by atoms with Crippen molar-refractivity contribution in [1.29, 1.82) is 0 Å². The van der Waals surface area contributed by atoms with E-state index in [2.05, 4.69) is 277 Å². The molecule has 2 nitrogen and oxygen atoms in total. The summed E-state index contributed by atoms with van der Waals surface area (Å²) in [7, 11) is 0. The van der Waals surface area contributed by atoms with Crippen LogP contribution in [0.3, 0.4) is 0 Å². The van der Waals surface area contributed by atoms with Crippen molar-refractivity contribution in [2.24, 2.45) is 0 Å². The van der Waals surface area contributed by atoms with Crippen LogP contribution in [0.5, 0.6) is 0 Å². The number of rotatable bonds is 7. The van der Waals surface area contributed by atoms with Gasteiger partial charge in [0.25, 0.3) is 0 Å². The zero-order valence-electron chi connectivity index (χ0n) is 37.8. The van der Waals surface area contributed by atoms with Gasteiger partial charge in [0.1, 0.15) is 0 Å². The Morgan fingerprint density at radius 3 is 1.33 bits per heavy atom. The van der Waals surface area contributed by atoms with E-state index in [4.69, 9.17) is 0 Å². The van der Waals surface area contributed by atoms with Gasteiger partial charge in [-0.15, -0.1) is 0 Å². The van der Waals surface area contributed by atoms with E-state index in [0.717, 1.165) is 34.1 Å².